The average molecular weight is 326 g/mol. The highest BCUT2D eigenvalue weighted by Gasteiger charge is 2.31. The van der Waals surface area contributed by atoms with Gasteiger partial charge in [-0.1, -0.05) is 6.07 Å². The van der Waals surface area contributed by atoms with Crippen LogP contribution < -0.4 is 4.31 Å². The molecule has 0 aliphatic carbocycles. The van der Waals surface area contributed by atoms with Crippen molar-refractivity contribution in [2.45, 2.75) is 40.7 Å². The van der Waals surface area contributed by atoms with Gasteiger partial charge in [-0.25, -0.2) is 8.42 Å². The number of hydrogen-bond acceptors (Lipinski definition) is 3. The van der Waals surface area contributed by atoms with Crippen LogP contribution in [0.4, 0.5) is 5.69 Å². The molecule has 0 spiro atoms. The summed E-state index contributed by atoms with van der Waals surface area (Å²) in [5, 5.41) is 0. The lowest BCUT2D eigenvalue weighted by molar-refractivity contribution is -0.131. The summed E-state index contributed by atoms with van der Waals surface area (Å²) in [6.07, 6.45) is 1.14. The van der Waals surface area contributed by atoms with E-state index in [2.05, 4.69) is 0 Å². The number of carbonyl (C=O) groups is 1. The van der Waals surface area contributed by atoms with Gasteiger partial charge in [-0.15, -0.1) is 0 Å². The topological polar surface area (TPSA) is 57.7 Å². The molecule has 0 heterocycles. The van der Waals surface area contributed by atoms with Crippen LogP contribution in [0.5, 0.6) is 0 Å². The minimum absolute atomic E-state index is 0.186. The molecule has 1 aromatic rings. The smallest absolute Gasteiger partial charge is 0.246 e. The zero-order valence-corrected chi connectivity index (χ0v) is 15.1. The van der Waals surface area contributed by atoms with Gasteiger partial charge in [0.25, 0.3) is 0 Å². The van der Waals surface area contributed by atoms with Gasteiger partial charge in [-0.3, -0.25) is 9.10 Å². The second kappa shape index (κ2) is 7.13. The van der Waals surface area contributed by atoms with Crippen molar-refractivity contribution in [2.24, 2.45) is 0 Å². The van der Waals surface area contributed by atoms with E-state index in [1.807, 2.05) is 33.8 Å². The van der Waals surface area contributed by atoms with Crippen molar-refractivity contribution in [1.82, 2.24) is 4.90 Å². The van der Waals surface area contributed by atoms with E-state index in [1.54, 1.807) is 24.0 Å². The number of amides is 1. The molecule has 1 rings (SSSR count). The number of rotatable bonds is 6. The molecule has 1 amide bonds. The van der Waals surface area contributed by atoms with Gasteiger partial charge in [0.1, 0.15) is 6.04 Å². The maximum Gasteiger partial charge on any atom is 0.246 e. The van der Waals surface area contributed by atoms with E-state index < -0.39 is 16.1 Å². The zero-order chi connectivity index (χ0) is 17.1. The summed E-state index contributed by atoms with van der Waals surface area (Å²) >= 11 is 0. The van der Waals surface area contributed by atoms with Gasteiger partial charge in [0.2, 0.25) is 15.9 Å². The van der Waals surface area contributed by atoms with Crippen LogP contribution in [0.3, 0.4) is 0 Å². The van der Waals surface area contributed by atoms with E-state index in [-0.39, 0.29) is 5.91 Å². The summed E-state index contributed by atoms with van der Waals surface area (Å²) in [6, 6.07) is 4.79. The summed E-state index contributed by atoms with van der Waals surface area (Å²) in [4.78, 5) is 14.2. The maximum atomic E-state index is 12.6. The van der Waals surface area contributed by atoms with Crippen molar-refractivity contribution in [3.8, 4) is 0 Å². The molecule has 124 valence electrons. The molecule has 0 unspecified atom stereocenters. The molecule has 22 heavy (non-hydrogen) atoms. The average Bonchev–Trinajstić information content (AvgIpc) is 2.37. The second-order valence-electron chi connectivity index (χ2n) is 5.59. The van der Waals surface area contributed by atoms with Gasteiger partial charge in [-0.05, 0) is 57.9 Å². The van der Waals surface area contributed by atoms with Gasteiger partial charge < -0.3 is 4.90 Å². The lowest BCUT2D eigenvalue weighted by Gasteiger charge is -2.32. The molecule has 0 bridgehead atoms. The third kappa shape index (κ3) is 4.22. The molecule has 0 saturated carbocycles. The molecule has 0 radical (unpaired) electrons. The van der Waals surface area contributed by atoms with E-state index in [1.165, 1.54) is 4.31 Å². The number of anilines is 1. The van der Waals surface area contributed by atoms with E-state index in [0.29, 0.717) is 18.8 Å². The largest absolute Gasteiger partial charge is 0.341 e. The van der Waals surface area contributed by atoms with Crippen molar-refractivity contribution in [2.75, 3.05) is 23.7 Å². The fourth-order valence-corrected chi connectivity index (χ4v) is 3.83. The zero-order valence-electron chi connectivity index (χ0n) is 14.3. The second-order valence-corrected chi connectivity index (χ2v) is 7.45. The van der Waals surface area contributed by atoms with Crippen LogP contribution in [0, 0.1) is 13.8 Å². The first kappa shape index (κ1) is 18.5. The number of hydrogen-bond donors (Lipinski definition) is 0. The minimum atomic E-state index is -3.56. The highest BCUT2D eigenvalue weighted by molar-refractivity contribution is 7.92. The molecule has 1 aromatic carbocycles. The Morgan fingerprint density at radius 3 is 1.91 bits per heavy atom. The molecule has 0 fully saturated rings. The van der Waals surface area contributed by atoms with E-state index in [0.717, 1.165) is 17.4 Å². The molecular weight excluding hydrogens is 300 g/mol. The van der Waals surface area contributed by atoms with Gasteiger partial charge >= 0.3 is 0 Å². The summed E-state index contributed by atoms with van der Waals surface area (Å²) in [5.41, 5.74) is 2.46. The Labute approximate surface area is 134 Å². The SMILES string of the molecule is CCN(CC)C(=O)[C@H](C)N(c1cc(C)cc(C)c1)S(C)(=O)=O. The Balaban J connectivity index is 3.33. The van der Waals surface area contributed by atoms with Crippen LogP contribution >= 0.6 is 0 Å². The third-order valence-corrected chi connectivity index (χ3v) is 4.84. The van der Waals surface area contributed by atoms with Gasteiger partial charge in [0, 0.05) is 13.1 Å². The molecule has 0 aliphatic heterocycles. The Morgan fingerprint density at radius 2 is 1.55 bits per heavy atom. The van der Waals surface area contributed by atoms with Crippen LogP contribution in [-0.2, 0) is 14.8 Å². The van der Waals surface area contributed by atoms with Crippen molar-refractivity contribution in [3.63, 3.8) is 0 Å². The summed E-state index contributed by atoms with van der Waals surface area (Å²) in [7, 11) is -3.56. The highest BCUT2D eigenvalue weighted by Crippen LogP contribution is 2.24. The summed E-state index contributed by atoms with van der Waals surface area (Å²) in [5.74, 6) is -0.186. The monoisotopic (exact) mass is 326 g/mol. The standard InChI is InChI=1S/C16H26N2O3S/c1-7-17(8-2)16(19)14(5)18(22(6,20)21)15-10-12(3)9-13(4)11-15/h9-11,14H,7-8H2,1-6H3/t14-/m0/s1. The van der Waals surface area contributed by atoms with Gasteiger partial charge in [0.05, 0.1) is 11.9 Å². The first-order chi connectivity index (χ1) is 10.1. The highest BCUT2D eigenvalue weighted by atomic mass is 32.2. The lowest BCUT2D eigenvalue weighted by atomic mass is 10.1. The number of sulfonamides is 1. The number of aryl methyl sites for hydroxylation is 2. The van der Waals surface area contributed by atoms with Gasteiger partial charge in [0.15, 0.2) is 0 Å². The van der Waals surface area contributed by atoms with Crippen LogP contribution in [0.2, 0.25) is 0 Å². The van der Waals surface area contributed by atoms with Crippen LogP contribution in [-0.4, -0.2) is 44.6 Å². The molecule has 0 aliphatic rings. The first-order valence-electron chi connectivity index (χ1n) is 7.48. The summed E-state index contributed by atoms with van der Waals surface area (Å²) in [6.45, 7) is 10.3. The quantitative estimate of drug-likeness (QED) is 0.806. The molecule has 0 aromatic heterocycles. The Morgan fingerprint density at radius 1 is 1.09 bits per heavy atom. The molecule has 0 saturated heterocycles. The molecule has 0 N–H and O–H groups in total. The normalized spacial score (nSPS) is 12.8. The molecule has 5 nitrogen and oxygen atoms in total. The van der Waals surface area contributed by atoms with Gasteiger partial charge in [-0.2, -0.15) is 0 Å². The number of benzene rings is 1. The first-order valence-corrected chi connectivity index (χ1v) is 9.33. The molecule has 6 heteroatoms. The number of nitrogens with zero attached hydrogens (tertiary/aromatic N) is 2. The predicted molar refractivity (Wildman–Crippen MR) is 90.6 cm³/mol. The third-order valence-electron chi connectivity index (χ3n) is 3.60. The van der Waals surface area contributed by atoms with Crippen LogP contribution in [0.1, 0.15) is 31.9 Å². The molecular formula is C16H26N2O3S. The Bertz CT molecular complexity index is 617. The predicted octanol–water partition coefficient (Wildman–Crippen LogP) is 2.33. The van der Waals surface area contributed by atoms with E-state index in [4.69, 9.17) is 0 Å². The van der Waals surface area contributed by atoms with Crippen molar-refractivity contribution in [1.29, 1.82) is 0 Å². The van der Waals surface area contributed by atoms with Crippen LogP contribution in [0.25, 0.3) is 0 Å². The minimum Gasteiger partial charge on any atom is -0.341 e. The summed E-state index contributed by atoms with van der Waals surface area (Å²) < 4.78 is 25.7. The van der Waals surface area contributed by atoms with E-state index in [9.17, 15) is 13.2 Å². The fourth-order valence-electron chi connectivity index (χ4n) is 2.68. The molecule has 1 atom stereocenters. The number of carbonyl (C=O) groups excluding carboxylic acids is 1. The van der Waals surface area contributed by atoms with E-state index >= 15 is 0 Å². The fraction of sp³-hybridized carbons (Fsp3) is 0.562. The maximum absolute atomic E-state index is 12.6. The van der Waals surface area contributed by atoms with Crippen molar-refractivity contribution < 1.29 is 13.2 Å². The van der Waals surface area contributed by atoms with Crippen LogP contribution in [0.15, 0.2) is 18.2 Å². The Hall–Kier alpha value is -1.56. The Kier molecular flexibility index (Phi) is 6.00. The van der Waals surface area contributed by atoms with Crippen molar-refractivity contribution >= 4 is 21.6 Å². The number of likely N-dealkylation sites (N-methyl/N-ethyl adjacent to an activating group) is 1. The van der Waals surface area contributed by atoms with Crippen molar-refractivity contribution in [3.05, 3.63) is 29.3 Å². The lowest BCUT2D eigenvalue weighted by Crippen LogP contribution is -2.49.